The highest BCUT2D eigenvalue weighted by Gasteiger charge is 2.19. The van der Waals surface area contributed by atoms with Crippen molar-refractivity contribution < 1.29 is 0 Å². The zero-order valence-corrected chi connectivity index (χ0v) is 16.6. The SMILES string of the molecule is CCNC(=NCC(C)N1CCN(C)CC1)N(C)Cc1ccc(C)cc1. The van der Waals surface area contributed by atoms with Crippen molar-refractivity contribution in [2.75, 3.05) is 53.4 Å². The van der Waals surface area contributed by atoms with Gasteiger partial charge in [0.05, 0.1) is 6.54 Å². The van der Waals surface area contributed by atoms with E-state index in [1.54, 1.807) is 0 Å². The number of rotatable bonds is 6. The molecule has 1 aromatic carbocycles. The van der Waals surface area contributed by atoms with E-state index in [0.717, 1.165) is 51.8 Å². The first-order chi connectivity index (χ1) is 12.0. The Balaban J connectivity index is 1.93. The normalized spacial score (nSPS) is 18.2. The van der Waals surface area contributed by atoms with Gasteiger partial charge >= 0.3 is 0 Å². The predicted molar refractivity (Wildman–Crippen MR) is 107 cm³/mol. The molecule has 5 heteroatoms. The zero-order valence-electron chi connectivity index (χ0n) is 16.6. The summed E-state index contributed by atoms with van der Waals surface area (Å²) in [6.45, 7) is 13.7. The number of guanidine groups is 1. The molecule has 1 aromatic rings. The number of benzene rings is 1. The van der Waals surface area contributed by atoms with Crippen molar-refractivity contribution in [1.82, 2.24) is 20.0 Å². The van der Waals surface area contributed by atoms with E-state index < -0.39 is 0 Å². The van der Waals surface area contributed by atoms with Crippen LogP contribution < -0.4 is 5.32 Å². The van der Waals surface area contributed by atoms with E-state index in [-0.39, 0.29) is 0 Å². The van der Waals surface area contributed by atoms with Crippen LogP contribution in [0.1, 0.15) is 25.0 Å². The van der Waals surface area contributed by atoms with E-state index >= 15 is 0 Å². The Kier molecular flexibility index (Phi) is 7.72. The van der Waals surface area contributed by atoms with Gasteiger partial charge in [0.15, 0.2) is 5.96 Å². The topological polar surface area (TPSA) is 34.1 Å². The maximum atomic E-state index is 4.90. The fourth-order valence-electron chi connectivity index (χ4n) is 3.11. The summed E-state index contributed by atoms with van der Waals surface area (Å²) < 4.78 is 0. The van der Waals surface area contributed by atoms with Crippen LogP contribution in [0.15, 0.2) is 29.3 Å². The molecule has 5 nitrogen and oxygen atoms in total. The molecule has 1 N–H and O–H groups in total. The third-order valence-electron chi connectivity index (χ3n) is 4.90. The van der Waals surface area contributed by atoms with E-state index in [2.05, 4.69) is 79.1 Å². The van der Waals surface area contributed by atoms with Crippen molar-refractivity contribution in [1.29, 1.82) is 0 Å². The Hall–Kier alpha value is -1.59. The van der Waals surface area contributed by atoms with Crippen LogP contribution in [-0.2, 0) is 6.54 Å². The number of piperazine rings is 1. The third-order valence-corrected chi connectivity index (χ3v) is 4.90. The molecular formula is C20H35N5. The summed E-state index contributed by atoms with van der Waals surface area (Å²) >= 11 is 0. The van der Waals surface area contributed by atoms with Gasteiger partial charge in [0, 0.05) is 52.4 Å². The molecule has 0 saturated carbocycles. The molecule has 2 rings (SSSR count). The monoisotopic (exact) mass is 345 g/mol. The fraction of sp³-hybridized carbons (Fsp3) is 0.650. The van der Waals surface area contributed by atoms with Crippen LogP contribution in [0.25, 0.3) is 0 Å². The Morgan fingerprint density at radius 2 is 1.84 bits per heavy atom. The molecule has 0 aliphatic carbocycles. The number of nitrogens with one attached hydrogen (secondary N) is 1. The molecule has 0 radical (unpaired) electrons. The van der Waals surface area contributed by atoms with E-state index in [9.17, 15) is 0 Å². The van der Waals surface area contributed by atoms with Crippen LogP contribution in [0.4, 0.5) is 0 Å². The molecule has 0 bridgehead atoms. The zero-order chi connectivity index (χ0) is 18.2. The summed E-state index contributed by atoms with van der Waals surface area (Å²) in [4.78, 5) is 12.1. The Morgan fingerprint density at radius 3 is 2.44 bits per heavy atom. The Morgan fingerprint density at radius 1 is 1.20 bits per heavy atom. The molecule has 1 fully saturated rings. The van der Waals surface area contributed by atoms with Crippen molar-refractivity contribution in [2.45, 2.75) is 33.4 Å². The number of hydrogen-bond donors (Lipinski definition) is 1. The van der Waals surface area contributed by atoms with Crippen molar-refractivity contribution in [3.05, 3.63) is 35.4 Å². The smallest absolute Gasteiger partial charge is 0.194 e. The van der Waals surface area contributed by atoms with Crippen LogP contribution in [-0.4, -0.2) is 80.1 Å². The molecule has 0 amide bonds. The van der Waals surface area contributed by atoms with Gasteiger partial charge < -0.3 is 15.1 Å². The second-order valence-corrected chi connectivity index (χ2v) is 7.22. The lowest BCUT2D eigenvalue weighted by molar-refractivity contribution is 0.122. The maximum Gasteiger partial charge on any atom is 0.194 e. The third kappa shape index (κ3) is 6.33. The highest BCUT2D eigenvalue weighted by atomic mass is 15.3. The second kappa shape index (κ2) is 9.78. The number of hydrogen-bond acceptors (Lipinski definition) is 3. The molecule has 1 unspecified atom stereocenters. The lowest BCUT2D eigenvalue weighted by Crippen LogP contribution is -2.49. The fourth-order valence-corrected chi connectivity index (χ4v) is 3.11. The molecule has 25 heavy (non-hydrogen) atoms. The minimum absolute atomic E-state index is 0.482. The summed E-state index contributed by atoms with van der Waals surface area (Å²) in [6, 6.07) is 9.21. The number of aryl methyl sites for hydroxylation is 1. The lowest BCUT2D eigenvalue weighted by atomic mass is 10.1. The Bertz CT molecular complexity index is 532. The van der Waals surface area contributed by atoms with Crippen LogP contribution >= 0.6 is 0 Å². The molecule has 140 valence electrons. The quantitative estimate of drug-likeness (QED) is 0.632. The van der Waals surface area contributed by atoms with Crippen molar-refractivity contribution in [3.63, 3.8) is 0 Å². The molecular weight excluding hydrogens is 310 g/mol. The second-order valence-electron chi connectivity index (χ2n) is 7.22. The summed E-state index contributed by atoms with van der Waals surface area (Å²) in [5.41, 5.74) is 2.61. The van der Waals surface area contributed by atoms with E-state index in [1.807, 2.05) is 0 Å². The first-order valence-electron chi connectivity index (χ1n) is 9.47. The average Bonchev–Trinajstić information content (AvgIpc) is 2.60. The Labute approximate surface area is 153 Å². The standard InChI is InChI=1S/C20H35N5/c1-6-21-20(24(5)16-19-9-7-17(2)8-10-19)22-15-18(3)25-13-11-23(4)12-14-25/h7-10,18H,6,11-16H2,1-5H3,(H,21,22). The van der Waals surface area contributed by atoms with E-state index in [1.165, 1.54) is 11.1 Å². The molecule has 0 aromatic heterocycles. The van der Waals surface area contributed by atoms with Crippen LogP contribution in [0.2, 0.25) is 0 Å². The number of likely N-dealkylation sites (N-methyl/N-ethyl adjacent to an activating group) is 1. The van der Waals surface area contributed by atoms with Gasteiger partial charge in [-0.05, 0) is 33.4 Å². The largest absolute Gasteiger partial charge is 0.357 e. The molecule has 0 spiro atoms. The number of aliphatic imine (C=N–C) groups is 1. The summed E-state index contributed by atoms with van der Waals surface area (Å²) in [5.74, 6) is 0.990. The van der Waals surface area contributed by atoms with E-state index in [0.29, 0.717) is 6.04 Å². The van der Waals surface area contributed by atoms with Gasteiger partial charge in [0.2, 0.25) is 0 Å². The lowest BCUT2D eigenvalue weighted by Gasteiger charge is -2.36. The molecule has 1 aliphatic rings. The minimum atomic E-state index is 0.482. The maximum absolute atomic E-state index is 4.90. The summed E-state index contributed by atoms with van der Waals surface area (Å²) in [5, 5.41) is 3.43. The summed E-state index contributed by atoms with van der Waals surface area (Å²) in [7, 11) is 4.31. The van der Waals surface area contributed by atoms with Crippen LogP contribution in [0.3, 0.4) is 0 Å². The average molecular weight is 346 g/mol. The predicted octanol–water partition coefficient (Wildman–Crippen LogP) is 2.03. The first kappa shape index (κ1) is 19.7. The highest BCUT2D eigenvalue weighted by molar-refractivity contribution is 5.79. The van der Waals surface area contributed by atoms with Gasteiger partial charge in [-0.15, -0.1) is 0 Å². The molecule has 1 heterocycles. The molecule has 1 saturated heterocycles. The number of nitrogens with zero attached hydrogens (tertiary/aromatic N) is 4. The van der Waals surface area contributed by atoms with Gasteiger partial charge in [0.25, 0.3) is 0 Å². The van der Waals surface area contributed by atoms with Gasteiger partial charge in [-0.1, -0.05) is 29.8 Å². The van der Waals surface area contributed by atoms with Crippen molar-refractivity contribution >= 4 is 5.96 Å². The van der Waals surface area contributed by atoms with Crippen LogP contribution in [0.5, 0.6) is 0 Å². The highest BCUT2D eigenvalue weighted by Crippen LogP contribution is 2.08. The minimum Gasteiger partial charge on any atom is -0.357 e. The molecule has 1 aliphatic heterocycles. The van der Waals surface area contributed by atoms with Crippen molar-refractivity contribution in [2.24, 2.45) is 4.99 Å². The van der Waals surface area contributed by atoms with Crippen LogP contribution in [0, 0.1) is 6.92 Å². The molecule has 1 atom stereocenters. The first-order valence-corrected chi connectivity index (χ1v) is 9.47. The summed E-state index contributed by atoms with van der Waals surface area (Å²) in [6.07, 6.45) is 0. The van der Waals surface area contributed by atoms with Gasteiger partial charge in [-0.3, -0.25) is 9.89 Å². The van der Waals surface area contributed by atoms with Gasteiger partial charge in [-0.25, -0.2) is 0 Å². The van der Waals surface area contributed by atoms with Gasteiger partial charge in [-0.2, -0.15) is 0 Å². The van der Waals surface area contributed by atoms with Crippen molar-refractivity contribution in [3.8, 4) is 0 Å². The van der Waals surface area contributed by atoms with E-state index in [4.69, 9.17) is 4.99 Å². The van der Waals surface area contributed by atoms with Gasteiger partial charge in [0.1, 0.15) is 0 Å².